The molecular formula is C66H107NO8. The second-order valence-corrected chi connectivity index (χ2v) is 19.7. The Kier molecular flexibility index (Phi) is 49.2. The summed E-state index contributed by atoms with van der Waals surface area (Å²) in [6.07, 6.45) is 76.2. The molecule has 0 bridgehead atoms. The number of nitrogens with one attached hydrogen (secondary N) is 1. The molecule has 7 unspecified atom stereocenters. The van der Waals surface area contributed by atoms with Crippen LogP contribution < -0.4 is 5.32 Å². The van der Waals surface area contributed by atoms with E-state index in [4.69, 9.17) is 9.47 Å². The van der Waals surface area contributed by atoms with Gasteiger partial charge >= 0.3 is 0 Å². The maximum atomic E-state index is 13.1. The van der Waals surface area contributed by atoms with Crippen molar-refractivity contribution in [2.45, 2.75) is 249 Å². The molecule has 0 radical (unpaired) electrons. The minimum Gasteiger partial charge on any atom is -0.394 e. The molecular weight excluding hydrogens is 935 g/mol. The minimum absolute atomic E-state index is 0.216. The Hall–Kier alpha value is -3.93. The molecule has 0 aromatic rings. The van der Waals surface area contributed by atoms with E-state index in [0.29, 0.717) is 12.8 Å². The van der Waals surface area contributed by atoms with Crippen LogP contribution in [0, 0.1) is 0 Å². The number of carbonyl (C=O) groups excluding carboxylic acids is 1. The third kappa shape index (κ3) is 42.8. The van der Waals surface area contributed by atoms with Crippen LogP contribution in [0.15, 0.2) is 146 Å². The van der Waals surface area contributed by atoms with Crippen LogP contribution in [0.2, 0.25) is 0 Å². The predicted molar refractivity (Wildman–Crippen MR) is 317 cm³/mol. The van der Waals surface area contributed by atoms with Crippen molar-refractivity contribution in [1.29, 1.82) is 0 Å². The normalized spacial score (nSPS) is 20.0. The molecule has 1 heterocycles. The molecule has 1 amide bonds. The van der Waals surface area contributed by atoms with E-state index in [9.17, 15) is 30.3 Å². The van der Waals surface area contributed by atoms with Gasteiger partial charge in [-0.15, -0.1) is 0 Å². The lowest BCUT2D eigenvalue weighted by Crippen LogP contribution is -2.60. The van der Waals surface area contributed by atoms with Crippen molar-refractivity contribution in [3.8, 4) is 0 Å². The van der Waals surface area contributed by atoms with Crippen LogP contribution >= 0.6 is 0 Å². The smallest absolute Gasteiger partial charge is 0.220 e. The fourth-order valence-electron chi connectivity index (χ4n) is 8.24. The van der Waals surface area contributed by atoms with Crippen molar-refractivity contribution >= 4 is 5.91 Å². The maximum absolute atomic E-state index is 13.1. The highest BCUT2D eigenvalue weighted by Crippen LogP contribution is 2.22. The molecule has 6 N–H and O–H groups in total. The summed E-state index contributed by atoms with van der Waals surface area (Å²) in [6.45, 7) is 3.62. The largest absolute Gasteiger partial charge is 0.394 e. The quantitative estimate of drug-likeness (QED) is 0.0261. The standard InChI is InChI=1S/C66H107NO8/c1-3-5-7-9-11-13-15-17-19-21-23-24-25-26-27-28-29-30-31-32-33-34-35-36-38-40-42-44-46-48-50-52-54-56-62(70)67-59(58-74-66-65(73)64(72)63(71)61(57-68)75-66)60(69)55-53-51-49-47-45-43-41-39-37-22-20-18-16-14-12-10-8-6-4-2/h5,7,11,13,17,19,23-24,26-27,29-30,32-33,35-37,39-40,42,45,47,53,55,59-61,63-66,68-69,71-73H,3-4,6,8-10,12,14-16,18,20-22,25,28,31,34,38,41,43-44,46,48-52,54,56-58H2,1-2H3,(H,67,70)/b7-5-,13-11-,19-17-,24-23-,27-26-,30-29-,33-32-,36-35-,39-37+,42-40-,47-45+,55-53+. The Morgan fingerprint density at radius 1 is 0.467 bits per heavy atom. The third-order valence-corrected chi connectivity index (χ3v) is 12.9. The van der Waals surface area contributed by atoms with Gasteiger partial charge in [-0.25, -0.2) is 0 Å². The topological polar surface area (TPSA) is 149 Å². The molecule has 1 aliphatic heterocycles. The zero-order valence-corrected chi connectivity index (χ0v) is 47.0. The fraction of sp³-hybridized carbons (Fsp3) is 0.621. The van der Waals surface area contributed by atoms with E-state index in [1.807, 2.05) is 6.08 Å². The molecule has 7 atom stereocenters. The highest BCUT2D eigenvalue weighted by Gasteiger charge is 2.44. The van der Waals surface area contributed by atoms with Gasteiger partial charge in [0.15, 0.2) is 6.29 Å². The third-order valence-electron chi connectivity index (χ3n) is 12.9. The van der Waals surface area contributed by atoms with Crippen LogP contribution in [0.25, 0.3) is 0 Å². The summed E-state index contributed by atoms with van der Waals surface area (Å²) in [5, 5.41) is 54.5. The van der Waals surface area contributed by atoms with Crippen molar-refractivity contribution in [3.63, 3.8) is 0 Å². The van der Waals surface area contributed by atoms with E-state index in [0.717, 1.165) is 122 Å². The second kappa shape index (κ2) is 53.5. The first-order valence-corrected chi connectivity index (χ1v) is 29.6. The van der Waals surface area contributed by atoms with E-state index in [2.05, 4.69) is 153 Å². The van der Waals surface area contributed by atoms with Gasteiger partial charge < -0.3 is 40.3 Å². The Morgan fingerprint density at radius 3 is 1.28 bits per heavy atom. The number of amides is 1. The van der Waals surface area contributed by atoms with E-state index < -0.39 is 49.5 Å². The van der Waals surface area contributed by atoms with Crippen molar-refractivity contribution in [2.75, 3.05) is 13.2 Å². The van der Waals surface area contributed by atoms with Crippen molar-refractivity contribution in [2.24, 2.45) is 0 Å². The van der Waals surface area contributed by atoms with Gasteiger partial charge in [-0.2, -0.15) is 0 Å². The Morgan fingerprint density at radius 2 is 0.840 bits per heavy atom. The van der Waals surface area contributed by atoms with Gasteiger partial charge in [0, 0.05) is 6.42 Å². The number of ether oxygens (including phenoxy) is 2. The Labute approximate surface area is 457 Å². The number of hydrogen-bond donors (Lipinski definition) is 6. The van der Waals surface area contributed by atoms with Gasteiger partial charge in [0.25, 0.3) is 0 Å². The Balaban J connectivity index is 2.28. The second-order valence-electron chi connectivity index (χ2n) is 19.7. The van der Waals surface area contributed by atoms with E-state index in [1.165, 1.54) is 57.8 Å². The number of allylic oxidation sites excluding steroid dienone is 23. The van der Waals surface area contributed by atoms with Gasteiger partial charge in [-0.3, -0.25) is 4.79 Å². The van der Waals surface area contributed by atoms with E-state index in [1.54, 1.807) is 6.08 Å². The number of carbonyl (C=O) groups is 1. The summed E-state index contributed by atoms with van der Waals surface area (Å²) in [4.78, 5) is 13.1. The highest BCUT2D eigenvalue weighted by atomic mass is 16.7. The number of hydrogen-bond acceptors (Lipinski definition) is 8. The van der Waals surface area contributed by atoms with Gasteiger partial charge in [0.2, 0.25) is 5.91 Å². The summed E-state index contributed by atoms with van der Waals surface area (Å²) in [6, 6.07) is -0.851. The number of rotatable bonds is 48. The van der Waals surface area contributed by atoms with Crippen LogP contribution in [-0.4, -0.2) is 87.5 Å². The number of aliphatic hydroxyl groups excluding tert-OH is 5. The van der Waals surface area contributed by atoms with Gasteiger partial charge in [0.1, 0.15) is 24.4 Å². The highest BCUT2D eigenvalue weighted by molar-refractivity contribution is 5.76. The van der Waals surface area contributed by atoms with Crippen molar-refractivity contribution in [1.82, 2.24) is 5.32 Å². The molecule has 75 heavy (non-hydrogen) atoms. The van der Waals surface area contributed by atoms with Gasteiger partial charge in [-0.05, 0) is 116 Å². The van der Waals surface area contributed by atoms with Crippen LogP contribution in [-0.2, 0) is 14.3 Å². The van der Waals surface area contributed by atoms with Crippen LogP contribution in [0.1, 0.15) is 206 Å². The molecule has 1 saturated heterocycles. The SMILES string of the molecule is CC/C=C\C/C=C\C/C=C\C/C=C\C/C=C\C/C=C\C/C=C\C/C=C\C/C=C\CCCCCCCC(=O)NC(COC1OC(CO)C(O)C(O)C1O)C(O)/C=C/CC/C=C/CC/C=C/CCCCCCCCCCC. The van der Waals surface area contributed by atoms with Crippen molar-refractivity contribution < 1.29 is 39.8 Å². The summed E-state index contributed by atoms with van der Waals surface area (Å²) in [7, 11) is 0. The average molecular weight is 1040 g/mol. The van der Waals surface area contributed by atoms with Crippen LogP contribution in [0.5, 0.6) is 0 Å². The Bertz CT molecular complexity index is 1680. The summed E-state index contributed by atoms with van der Waals surface area (Å²) < 4.78 is 11.2. The lowest BCUT2D eigenvalue weighted by Gasteiger charge is -2.40. The van der Waals surface area contributed by atoms with Gasteiger partial charge in [0.05, 0.1) is 25.4 Å². The van der Waals surface area contributed by atoms with Gasteiger partial charge in [-0.1, -0.05) is 230 Å². The first-order valence-electron chi connectivity index (χ1n) is 29.6. The molecule has 1 rings (SSSR count). The summed E-state index contributed by atoms with van der Waals surface area (Å²) in [5.74, 6) is -0.216. The minimum atomic E-state index is -1.59. The number of unbranched alkanes of at least 4 members (excludes halogenated alkanes) is 16. The maximum Gasteiger partial charge on any atom is 0.220 e. The summed E-state index contributed by atoms with van der Waals surface area (Å²) >= 11 is 0. The molecule has 0 aromatic carbocycles. The van der Waals surface area contributed by atoms with E-state index >= 15 is 0 Å². The molecule has 0 spiro atoms. The molecule has 0 aliphatic carbocycles. The predicted octanol–water partition coefficient (Wildman–Crippen LogP) is 15.1. The molecule has 9 heteroatoms. The molecule has 0 aromatic heterocycles. The lowest BCUT2D eigenvalue weighted by atomic mass is 9.99. The average Bonchev–Trinajstić information content (AvgIpc) is 3.41. The fourth-order valence-corrected chi connectivity index (χ4v) is 8.24. The zero-order chi connectivity index (χ0) is 54.3. The number of aliphatic hydroxyl groups is 5. The molecule has 0 saturated carbocycles. The van der Waals surface area contributed by atoms with E-state index in [-0.39, 0.29) is 12.5 Å². The first-order chi connectivity index (χ1) is 36.8. The molecule has 9 nitrogen and oxygen atoms in total. The van der Waals surface area contributed by atoms with Crippen LogP contribution in [0.4, 0.5) is 0 Å². The van der Waals surface area contributed by atoms with Crippen molar-refractivity contribution in [3.05, 3.63) is 146 Å². The van der Waals surface area contributed by atoms with Crippen LogP contribution in [0.3, 0.4) is 0 Å². The monoisotopic (exact) mass is 1040 g/mol. The summed E-state index contributed by atoms with van der Waals surface area (Å²) in [5.41, 5.74) is 0. The lowest BCUT2D eigenvalue weighted by molar-refractivity contribution is -0.302. The molecule has 1 fully saturated rings. The first kappa shape index (κ1) is 69.1. The molecule has 424 valence electrons. The molecule has 1 aliphatic rings. The zero-order valence-electron chi connectivity index (χ0n) is 47.0.